The molecule has 0 aliphatic rings. The molecule has 2 rings (SSSR count). The quantitative estimate of drug-likeness (QED) is 0.458. The lowest BCUT2D eigenvalue weighted by atomic mass is 10.0. The lowest BCUT2D eigenvalue weighted by molar-refractivity contribution is -0.0602. The molecule has 2 N–H and O–H groups in total. The zero-order chi connectivity index (χ0) is 18.6. The lowest BCUT2D eigenvalue weighted by Crippen LogP contribution is -2.27. The number of carbonyl (C=O) groups excluding carboxylic acids is 1. The van der Waals surface area contributed by atoms with Gasteiger partial charge in [-0.2, -0.15) is 18.3 Å². The summed E-state index contributed by atoms with van der Waals surface area (Å²) in [5.41, 5.74) is 1.43. The molecule has 25 heavy (non-hydrogen) atoms. The van der Waals surface area contributed by atoms with Crippen molar-refractivity contribution >= 4 is 33.9 Å². The standard InChI is InChI=1S/C15H12F3N3O3S/c1-8-2-4-9(5-3-8)11(22)6-12(15(16,17)18)20-21-14-19-10(7-25-14)13(23)24/h2-5,7H,6H2,1H3,(H,19,21)(H,23,24)/b20-12-. The van der Waals surface area contributed by atoms with Crippen molar-refractivity contribution in [2.75, 3.05) is 5.43 Å². The fraction of sp³-hybridized carbons (Fsp3) is 0.200. The molecule has 0 radical (unpaired) electrons. The van der Waals surface area contributed by atoms with Gasteiger partial charge in [-0.15, -0.1) is 11.3 Å². The van der Waals surface area contributed by atoms with Gasteiger partial charge >= 0.3 is 12.1 Å². The van der Waals surface area contributed by atoms with Gasteiger partial charge in [0.2, 0.25) is 5.13 Å². The van der Waals surface area contributed by atoms with Crippen molar-refractivity contribution in [3.63, 3.8) is 0 Å². The highest BCUT2D eigenvalue weighted by atomic mass is 32.1. The van der Waals surface area contributed by atoms with Gasteiger partial charge in [0.05, 0.1) is 6.42 Å². The van der Waals surface area contributed by atoms with Crippen LogP contribution >= 0.6 is 11.3 Å². The molecule has 1 heterocycles. The van der Waals surface area contributed by atoms with E-state index in [4.69, 9.17) is 5.11 Å². The first kappa shape index (κ1) is 18.6. The normalized spacial score (nSPS) is 12.1. The number of aromatic carboxylic acids is 1. The number of alkyl halides is 3. The second-order valence-corrected chi connectivity index (χ2v) is 5.84. The molecule has 6 nitrogen and oxygen atoms in total. The molecule has 0 saturated carbocycles. The number of Topliss-reactive ketones (excluding diaryl/α,β-unsaturated/α-hetero) is 1. The minimum atomic E-state index is -4.82. The van der Waals surface area contributed by atoms with Crippen molar-refractivity contribution in [3.8, 4) is 0 Å². The number of rotatable bonds is 6. The lowest BCUT2D eigenvalue weighted by Gasteiger charge is -2.10. The third-order valence-electron chi connectivity index (χ3n) is 3.04. The third-order valence-corrected chi connectivity index (χ3v) is 3.79. The van der Waals surface area contributed by atoms with Crippen molar-refractivity contribution in [2.24, 2.45) is 5.10 Å². The van der Waals surface area contributed by atoms with Gasteiger partial charge in [0.1, 0.15) is 5.71 Å². The second-order valence-electron chi connectivity index (χ2n) is 4.98. The summed E-state index contributed by atoms with van der Waals surface area (Å²) in [4.78, 5) is 26.3. The highest BCUT2D eigenvalue weighted by Crippen LogP contribution is 2.22. The number of carboxylic acids is 1. The van der Waals surface area contributed by atoms with Gasteiger partial charge in [-0.25, -0.2) is 9.78 Å². The molecule has 0 aliphatic carbocycles. The molecule has 0 saturated heterocycles. The van der Waals surface area contributed by atoms with Gasteiger partial charge in [-0.05, 0) is 6.92 Å². The average Bonchev–Trinajstić information content (AvgIpc) is 3.00. The van der Waals surface area contributed by atoms with Crippen LogP contribution in [0.1, 0.15) is 32.8 Å². The molecular weight excluding hydrogens is 359 g/mol. The first-order valence-electron chi connectivity index (χ1n) is 6.85. The zero-order valence-electron chi connectivity index (χ0n) is 12.8. The van der Waals surface area contributed by atoms with Gasteiger partial charge in [0, 0.05) is 10.9 Å². The number of thiazole rings is 1. The van der Waals surface area contributed by atoms with E-state index in [1.165, 1.54) is 12.1 Å². The number of hydrogen-bond acceptors (Lipinski definition) is 6. The van der Waals surface area contributed by atoms with E-state index in [0.29, 0.717) is 0 Å². The Hall–Kier alpha value is -2.75. The Bertz CT molecular complexity index is 813. The summed E-state index contributed by atoms with van der Waals surface area (Å²) in [6.45, 7) is 1.79. The number of carboxylic acid groups (broad SMARTS) is 1. The molecule has 0 fully saturated rings. The summed E-state index contributed by atoms with van der Waals surface area (Å²) in [5.74, 6) is -2.04. The van der Waals surface area contributed by atoms with Crippen molar-refractivity contribution in [1.29, 1.82) is 0 Å². The van der Waals surface area contributed by atoms with E-state index in [9.17, 15) is 22.8 Å². The molecule has 132 valence electrons. The number of benzene rings is 1. The van der Waals surface area contributed by atoms with E-state index in [0.717, 1.165) is 22.3 Å². The van der Waals surface area contributed by atoms with E-state index in [1.807, 2.05) is 0 Å². The minimum absolute atomic E-state index is 0.123. The number of carbonyl (C=O) groups is 2. The molecule has 1 aromatic carbocycles. The van der Waals surface area contributed by atoms with Crippen LogP contribution in [0.2, 0.25) is 0 Å². The Labute approximate surface area is 144 Å². The fourth-order valence-corrected chi connectivity index (χ4v) is 2.36. The maximum atomic E-state index is 13.1. The highest BCUT2D eigenvalue weighted by Gasteiger charge is 2.37. The monoisotopic (exact) mass is 371 g/mol. The van der Waals surface area contributed by atoms with Gasteiger partial charge in [-0.1, -0.05) is 29.8 Å². The molecule has 0 spiro atoms. The summed E-state index contributed by atoms with van der Waals surface area (Å²) in [5, 5.41) is 13.0. The maximum Gasteiger partial charge on any atom is 0.431 e. The van der Waals surface area contributed by atoms with Crippen LogP contribution in [-0.2, 0) is 0 Å². The third kappa shape index (κ3) is 5.11. The number of ketones is 1. The summed E-state index contributed by atoms with van der Waals surface area (Å²) in [6, 6.07) is 6.13. The molecule has 0 atom stereocenters. The smallest absolute Gasteiger partial charge is 0.431 e. The Morgan fingerprint density at radius 2 is 1.92 bits per heavy atom. The van der Waals surface area contributed by atoms with E-state index >= 15 is 0 Å². The maximum absolute atomic E-state index is 13.1. The van der Waals surface area contributed by atoms with Gasteiger partial charge < -0.3 is 5.11 Å². The van der Waals surface area contributed by atoms with Crippen LogP contribution in [0, 0.1) is 6.92 Å². The van der Waals surface area contributed by atoms with Crippen LogP contribution in [0.3, 0.4) is 0 Å². The number of anilines is 1. The van der Waals surface area contributed by atoms with Gasteiger partial charge in [-0.3, -0.25) is 10.2 Å². The SMILES string of the molecule is Cc1ccc(C(=O)C/C(=N/Nc2nc(C(=O)O)cs2)C(F)(F)F)cc1. The largest absolute Gasteiger partial charge is 0.476 e. The van der Waals surface area contributed by atoms with E-state index < -0.39 is 30.1 Å². The van der Waals surface area contributed by atoms with Crippen LogP contribution in [0.15, 0.2) is 34.7 Å². The van der Waals surface area contributed by atoms with Gasteiger partial charge in [0.15, 0.2) is 11.5 Å². The Morgan fingerprint density at radius 3 is 2.44 bits per heavy atom. The first-order chi connectivity index (χ1) is 11.7. The Morgan fingerprint density at radius 1 is 1.28 bits per heavy atom. The summed E-state index contributed by atoms with van der Waals surface area (Å²) < 4.78 is 39.2. The van der Waals surface area contributed by atoms with E-state index in [2.05, 4.69) is 15.5 Å². The van der Waals surface area contributed by atoms with Crippen molar-refractivity contribution in [2.45, 2.75) is 19.5 Å². The number of hydrazone groups is 1. The predicted octanol–water partition coefficient (Wildman–Crippen LogP) is 3.75. The molecular formula is C15H12F3N3O3S. The summed E-state index contributed by atoms with van der Waals surface area (Å²) in [6.07, 6.45) is -5.77. The summed E-state index contributed by atoms with van der Waals surface area (Å²) in [7, 11) is 0. The van der Waals surface area contributed by atoms with Crippen molar-refractivity contribution < 1.29 is 27.9 Å². The molecule has 0 bridgehead atoms. The number of aryl methyl sites for hydroxylation is 1. The molecule has 0 unspecified atom stereocenters. The van der Waals surface area contributed by atoms with Crippen LogP contribution in [0.25, 0.3) is 0 Å². The van der Waals surface area contributed by atoms with E-state index in [-0.39, 0.29) is 16.4 Å². The number of aromatic nitrogens is 1. The topological polar surface area (TPSA) is 91.7 Å². The molecule has 10 heteroatoms. The zero-order valence-corrected chi connectivity index (χ0v) is 13.6. The van der Waals surface area contributed by atoms with Crippen LogP contribution < -0.4 is 5.43 Å². The fourth-order valence-electron chi connectivity index (χ4n) is 1.74. The van der Waals surface area contributed by atoms with Crippen LogP contribution in [-0.4, -0.2) is 33.7 Å². The van der Waals surface area contributed by atoms with Gasteiger partial charge in [0.25, 0.3) is 0 Å². The first-order valence-corrected chi connectivity index (χ1v) is 7.73. The number of nitrogens with zero attached hydrogens (tertiary/aromatic N) is 2. The van der Waals surface area contributed by atoms with Crippen molar-refractivity contribution in [1.82, 2.24) is 4.98 Å². The minimum Gasteiger partial charge on any atom is -0.476 e. The molecule has 1 aromatic heterocycles. The predicted molar refractivity (Wildman–Crippen MR) is 86.3 cm³/mol. The number of halogens is 3. The number of nitrogens with one attached hydrogen (secondary N) is 1. The molecule has 0 aliphatic heterocycles. The molecule has 0 amide bonds. The highest BCUT2D eigenvalue weighted by molar-refractivity contribution is 7.13. The number of hydrogen-bond donors (Lipinski definition) is 2. The molecule has 2 aromatic rings. The second kappa shape index (κ2) is 7.43. The van der Waals surface area contributed by atoms with Crippen LogP contribution in [0.4, 0.5) is 18.3 Å². The average molecular weight is 371 g/mol. The van der Waals surface area contributed by atoms with Crippen LogP contribution in [0.5, 0.6) is 0 Å². The van der Waals surface area contributed by atoms with Crippen molar-refractivity contribution in [3.05, 3.63) is 46.5 Å². The van der Waals surface area contributed by atoms with E-state index in [1.54, 1.807) is 19.1 Å². The Balaban J connectivity index is 2.16. The Kier molecular flexibility index (Phi) is 5.52. The summed E-state index contributed by atoms with van der Waals surface area (Å²) >= 11 is 0.785.